The fraction of sp³-hybridized carbons (Fsp3) is 0.235. The molecule has 2 heterocycles. The Bertz CT molecular complexity index is 901. The quantitative estimate of drug-likeness (QED) is 0.752. The topological polar surface area (TPSA) is 63.1 Å². The Morgan fingerprint density at radius 2 is 2.09 bits per heavy atom. The number of amides is 2. The molecule has 3 aromatic rings. The van der Waals surface area contributed by atoms with Crippen LogP contribution in [0.25, 0.3) is 11.0 Å². The smallest absolute Gasteiger partial charge is 0.307 e. The molecule has 116 valence electrons. The molecule has 1 aromatic heterocycles. The van der Waals surface area contributed by atoms with Crippen molar-refractivity contribution in [2.45, 2.75) is 19.4 Å². The molecule has 0 radical (unpaired) electrons. The summed E-state index contributed by atoms with van der Waals surface area (Å²) >= 11 is 0. The number of carbonyl (C=O) groups is 1. The normalized spacial score (nSPS) is 16.6. The average molecular weight is 307 g/mol. The van der Waals surface area contributed by atoms with Crippen LogP contribution in [0.2, 0.25) is 0 Å². The fourth-order valence-corrected chi connectivity index (χ4v) is 3.18. The van der Waals surface area contributed by atoms with Gasteiger partial charge < -0.3 is 5.32 Å². The summed E-state index contributed by atoms with van der Waals surface area (Å²) < 4.78 is 1.71. The number of aryl methyl sites for hydroxylation is 1. The van der Waals surface area contributed by atoms with Crippen LogP contribution < -0.4 is 10.2 Å². The summed E-state index contributed by atoms with van der Waals surface area (Å²) in [5.74, 6) is 0. The van der Waals surface area contributed by atoms with E-state index in [1.165, 1.54) is 5.56 Å². The predicted octanol–water partition coefficient (Wildman–Crippen LogP) is 2.95. The van der Waals surface area contributed by atoms with Crippen LogP contribution in [-0.2, 0) is 13.5 Å². The predicted molar refractivity (Wildman–Crippen MR) is 89.6 cm³/mol. The molecular weight excluding hydrogens is 290 g/mol. The highest BCUT2D eigenvalue weighted by molar-refractivity contribution is 6.04. The van der Waals surface area contributed by atoms with Gasteiger partial charge in [0.15, 0.2) is 0 Å². The minimum absolute atomic E-state index is 0.120. The van der Waals surface area contributed by atoms with Crippen LogP contribution in [0.15, 0.2) is 42.5 Å². The highest BCUT2D eigenvalue weighted by atomic mass is 16.2. The number of para-hydroxylation sites is 1. The molecule has 23 heavy (non-hydrogen) atoms. The summed E-state index contributed by atoms with van der Waals surface area (Å²) in [6.45, 7) is 2.06. The van der Waals surface area contributed by atoms with Crippen molar-refractivity contribution in [1.82, 2.24) is 15.0 Å². The van der Waals surface area contributed by atoms with Crippen LogP contribution in [0.1, 0.15) is 12.5 Å². The van der Waals surface area contributed by atoms with Gasteiger partial charge in [-0.2, -0.15) is 0 Å². The van der Waals surface area contributed by atoms with E-state index in [1.54, 1.807) is 4.68 Å². The van der Waals surface area contributed by atoms with E-state index in [9.17, 15) is 4.79 Å². The molecule has 0 saturated heterocycles. The number of benzene rings is 2. The summed E-state index contributed by atoms with van der Waals surface area (Å²) in [5.41, 5.74) is 4.61. The number of hydrogen-bond acceptors (Lipinski definition) is 3. The zero-order valence-electron chi connectivity index (χ0n) is 13.0. The van der Waals surface area contributed by atoms with Crippen molar-refractivity contribution in [2.24, 2.45) is 7.05 Å². The summed E-state index contributed by atoms with van der Waals surface area (Å²) in [6, 6.07) is 13.7. The molecule has 0 aliphatic carbocycles. The highest BCUT2D eigenvalue weighted by Crippen LogP contribution is 2.32. The fourth-order valence-electron chi connectivity index (χ4n) is 3.18. The molecule has 2 amide bonds. The number of urea groups is 1. The lowest BCUT2D eigenvalue weighted by Crippen LogP contribution is -2.39. The maximum Gasteiger partial charge on any atom is 0.326 e. The molecule has 0 bridgehead atoms. The SMILES string of the molecule is C[C@H]1Cc2ccccc2N1C(=O)Nc1ccc2c(c1)nnn2C. The molecule has 6 nitrogen and oxygen atoms in total. The minimum atomic E-state index is -0.120. The van der Waals surface area contributed by atoms with Crippen molar-refractivity contribution in [3.8, 4) is 0 Å². The second-order valence-electron chi connectivity index (χ2n) is 5.90. The van der Waals surface area contributed by atoms with Gasteiger partial charge >= 0.3 is 6.03 Å². The number of fused-ring (bicyclic) bond motifs is 2. The lowest BCUT2D eigenvalue weighted by molar-refractivity contribution is 0.256. The molecule has 2 aromatic carbocycles. The molecule has 1 aliphatic rings. The van der Waals surface area contributed by atoms with Gasteiger partial charge in [-0.1, -0.05) is 23.4 Å². The van der Waals surface area contributed by atoms with Crippen molar-refractivity contribution >= 4 is 28.4 Å². The first kappa shape index (κ1) is 13.8. The zero-order valence-corrected chi connectivity index (χ0v) is 13.0. The Balaban J connectivity index is 1.62. The first-order valence-corrected chi connectivity index (χ1v) is 7.61. The number of anilines is 2. The van der Waals surface area contributed by atoms with Gasteiger partial charge in [-0.3, -0.25) is 4.90 Å². The number of hydrogen-bond donors (Lipinski definition) is 1. The standard InChI is InChI=1S/C17H17N5O/c1-11-9-12-5-3-4-6-15(12)22(11)17(23)18-13-7-8-16-14(10-13)19-20-21(16)2/h3-8,10-11H,9H2,1-2H3,(H,18,23)/t11-/m0/s1. The lowest BCUT2D eigenvalue weighted by atomic mass is 10.1. The molecule has 0 fully saturated rings. The monoisotopic (exact) mass is 307 g/mol. The van der Waals surface area contributed by atoms with E-state index in [-0.39, 0.29) is 12.1 Å². The Labute approximate surface area is 133 Å². The molecule has 1 N–H and O–H groups in total. The Morgan fingerprint density at radius 1 is 1.26 bits per heavy atom. The molecule has 1 atom stereocenters. The van der Waals surface area contributed by atoms with Crippen LogP contribution in [0, 0.1) is 0 Å². The van der Waals surface area contributed by atoms with E-state index in [0.29, 0.717) is 0 Å². The lowest BCUT2D eigenvalue weighted by Gasteiger charge is -2.23. The summed E-state index contributed by atoms with van der Waals surface area (Å²) in [7, 11) is 1.84. The van der Waals surface area contributed by atoms with Gasteiger partial charge in [0, 0.05) is 24.5 Å². The molecule has 0 saturated carbocycles. The van der Waals surface area contributed by atoms with Gasteiger partial charge in [0.2, 0.25) is 0 Å². The summed E-state index contributed by atoms with van der Waals surface area (Å²) in [6.07, 6.45) is 0.882. The maximum absolute atomic E-state index is 12.7. The third-order valence-corrected chi connectivity index (χ3v) is 4.29. The van der Waals surface area contributed by atoms with E-state index < -0.39 is 0 Å². The van der Waals surface area contributed by atoms with E-state index >= 15 is 0 Å². The number of rotatable bonds is 1. The van der Waals surface area contributed by atoms with Gasteiger partial charge in [-0.05, 0) is 43.2 Å². The van der Waals surface area contributed by atoms with E-state index in [2.05, 4.69) is 28.6 Å². The molecular formula is C17H17N5O. The van der Waals surface area contributed by atoms with Gasteiger partial charge in [-0.15, -0.1) is 5.10 Å². The number of aromatic nitrogens is 3. The Hall–Kier alpha value is -2.89. The maximum atomic E-state index is 12.7. The van der Waals surface area contributed by atoms with E-state index in [0.717, 1.165) is 28.8 Å². The number of nitrogens with zero attached hydrogens (tertiary/aromatic N) is 4. The van der Waals surface area contributed by atoms with Gasteiger partial charge in [0.1, 0.15) is 5.52 Å². The van der Waals surface area contributed by atoms with E-state index in [1.807, 2.05) is 48.3 Å². The number of carbonyl (C=O) groups excluding carboxylic acids is 1. The van der Waals surface area contributed by atoms with Crippen LogP contribution in [-0.4, -0.2) is 27.1 Å². The second kappa shape index (κ2) is 5.08. The van der Waals surface area contributed by atoms with Crippen LogP contribution in [0.4, 0.5) is 16.2 Å². The van der Waals surface area contributed by atoms with Crippen molar-refractivity contribution in [3.63, 3.8) is 0 Å². The molecule has 0 spiro atoms. The van der Waals surface area contributed by atoms with Crippen molar-refractivity contribution in [3.05, 3.63) is 48.0 Å². The van der Waals surface area contributed by atoms with Crippen molar-refractivity contribution < 1.29 is 4.79 Å². The van der Waals surface area contributed by atoms with Gasteiger partial charge in [0.05, 0.1) is 5.52 Å². The van der Waals surface area contributed by atoms with Gasteiger partial charge in [0.25, 0.3) is 0 Å². The van der Waals surface area contributed by atoms with Crippen LogP contribution in [0.3, 0.4) is 0 Å². The first-order valence-electron chi connectivity index (χ1n) is 7.61. The highest BCUT2D eigenvalue weighted by Gasteiger charge is 2.30. The summed E-state index contributed by atoms with van der Waals surface area (Å²) in [5, 5.41) is 11.0. The minimum Gasteiger partial charge on any atom is -0.307 e. The molecule has 0 unspecified atom stereocenters. The molecule has 6 heteroatoms. The molecule has 4 rings (SSSR count). The first-order chi connectivity index (χ1) is 11.1. The Kier molecular flexibility index (Phi) is 3.04. The third-order valence-electron chi connectivity index (χ3n) is 4.29. The number of nitrogens with one attached hydrogen (secondary N) is 1. The van der Waals surface area contributed by atoms with Crippen LogP contribution >= 0.6 is 0 Å². The van der Waals surface area contributed by atoms with E-state index in [4.69, 9.17) is 0 Å². The average Bonchev–Trinajstić information content (AvgIpc) is 3.06. The van der Waals surface area contributed by atoms with Crippen molar-refractivity contribution in [2.75, 3.05) is 10.2 Å². The zero-order chi connectivity index (χ0) is 16.0. The second-order valence-corrected chi connectivity index (χ2v) is 5.90. The largest absolute Gasteiger partial charge is 0.326 e. The Morgan fingerprint density at radius 3 is 2.96 bits per heavy atom. The summed E-state index contributed by atoms with van der Waals surface area (Å²) in [4.78, 5) is 14.5. The molecule has 1 aliphatic heterocycles. The third kappa shape index (κ3) is 2.23. The van der Waals surface area contributed by atoms with Gasteiger partial charge in [-0.25, -0.2) is 9.48 Å². The van der Waals surface area contributed by atoms with Crippen molar-refractivity contribution in [1.29, 1.82) is 0 Å². The van der Waals surface area contributed by atoms with Crippen LogP contribution in [0.5, 0.6) is 0 Å².